The van der Waals surface area contributed by atoms with Gasteiger partial charge in [0.25, 0.3) is 0 Å². The average Bonchev–Trinajstić information content (AvgIpc) is 2.38. The summed E-state index contributed by atoms with van der Waals surface area (Å²) in [7, 11) is 0. The van der Waals surface area contributed by atoms with E-state index < -0.39 is 17.3 Å². The molecular formula is C15H14BrFN2O. The Hall–Kier alpha value is -1.88. The molecule has 0 saturated carbocycles. The second-order valence-corrected chi connectivity index (χ2v) is 5.52. The van der Waals surface area contributed by atoms with E-state index in [2.05, 4.69) is 21.2 Å². The zero-order chi connectivity index (χ0) is 14.8. The number of primary amides is 1. The van der Waals surface area contributed by atoms with E-state index in [9.17, 15) is 9.18 Å². The number of hydrogen-bond donors (Lipinski definition) is 2. The molecule has 0 aliphatic carbocycles. The van der Waals surface area contributed by atoms with Crippen molar-refractivity contribution in [2.45, 2.75) is 12.5 Å². The van der Waals surface area contributed by atoms with Crippen LogP contribution in [0.5, 0.6) is 0 Å². The van der Waals surface area contributed by atoms with Crippen molar-refractivity contribution in [1.29, 1.82) is 0 Å². The van der Waals surface area contributed by atoms with Gasteiger partial charge in [0.15, 0.2) is 0 Å². The molecule has 2 rings (SSSR count). The predicted molar refractivity (Wildman–Crippen MR) is 80.7 cm³/mol. The quantitative estimate of drug-likeness (QED) is 0.898. The van der Waals surface area contributed by atoms with Gasteiger partial charge in [-0.2, -0.15) is 0 Å². The number of carbonyl (C=O) groups is 1. The molecule has 0 bridgehead atoms. The molecule has 20 heavy (non-hydrogen) atoms. The second kappa shape index (κ2) is 5.63. The molecule has 1 atom stereocenters. The van der Waals surface area contributed by atoms with Crippen LogP contribution < -0.4 is 11.1 Å². The minimum absolute atomic E-state index is 0.215. The summed E-state index contributed by atoms with van der Waals surface area (Å²) in [6, 6.07) is 13.3. The Morgan fingerprint density at radius 1 is 1.25 bits per heavy atom. The largest absolute Gasteiger partial charge is 0.368 e. The van der Waals surface area contributed by atoms with E-state index in [-0.39, 0.29) is 5.56 Å². The molecule has 3 nitrogen and oxygen atoms in total. The lowest BCUT2D eigenvalue weighted by Crippen LogP contribution is -2.45. The molecule has 0 heterocycles. The number of nitrogens with two attached hydrogens (primary N) is 1. The molecule has 0 saturated heterocycles. The Kier molecular flexibility index (Phi) is 4.09. The Morgan fingerprint density at radius 2 is 1.95 bits per heavy atom. The van der Waals surface area contributed by atoms with Crippen molar-refractivity contribution in [3.8, 4) is 0 Å². The van der Waals surface area contributed by atoms with Crippen LogP contribution in [0.2, 0.25) is 0 Å². The van der Waals surface area contributed by atoms with Crippen molar-refractivity contribution in [1.82, 2.24) is 0 Å². The summed E-state index contributed by atoms with van der Waals surface area (Å²) in [4.78, 5) is 11.8. The normalized spacial score (nSPS) is 13.6. The van der Waals surface area contributed by atoms with E-state index >= 15 is 0 Å². The van der Waals surface area contributed by atoms with Gasteiger partial charge in [0.1, 0.15) is 11.4 Å². The number of anilines is 1. The van der Waals surface area contributed by atoms with Gasteiger partial charge in [0.2, 0.25) is 5.91 Å². The molecule has 3 N–H and O–H groups in total. The molecule has 0 aromatic heterocycles. The van der Waals surface area contributed by atoms with Crippen LogP contribution in [0.1, 0.15) is 12.5 Å². The lowest BCUT2D eigenvalue weighted by Gasteiger charge is -2.29. The molecule has 104 valence electrons. The van der Waals surface area contributed by atoms with E-state index in [0.717, 1.165) is 4.47 Å². The van der Waals surface area contributed by atoms with Gasteiger partial charge in [-0.1, -0.05) is 40.2 Å². The van der Waals surface area contributed by atoms with Gasteiger partial charge >= 0.3 is 0 Å². The first-order chi connectivity index (χ1) is 9.43. The summed E-state index contributed by atoms with van der Waals surface area (Å²) >= 11 is 3.35. The summed E-state index contributed by atoms with van der Waals surface area (Å²) in [5, 5.41) is 3.01. The van der Waals surface area contributed by atoms with E-state index in [1.54, 1.807) is 37.3 Å². The summed E-state index contributed by atoms with van der Waals surface area (Å²) in [6.45, 7) is 1.56. The van der Waals surface area contributed by atoms with Gasteiger partial charge < -0.3 is 11.1 Å². The smallest absolute Gasteiger partial charge is 0.247 e. The van der Waals surface area contributed by atoms with Crippen molar-refractivity contribution >= 4 is 27.5 Å². The van der Waals surface area contributed by atoms with Crippen LogP contribution in [0.4, 0.5) is 10.1 Å². The van der Waals surface area contributed by atoms with Crippen molar-refractivity contribution in [2.24, 2.45) is 5.73 Å². The zero-order valence-electron chi connectivity index (χ0n) is 10.9. The van der Waals surface area contributed by atoms with Crippen LogP contribution in [0.25, 0.3) is 0 Å². The second-order valence-electron chi connectivity index (χ2n) is 4.60. The number of nitrogens with one attached hydrogen (secondary N) is 1. The van der Waals surface area contributed by atoms with Crippen molar-refractivity contribution < 1.29 is 9.18 Å². The maximum atomic E-state index is 14.0. The first-order valence-corrected chi connectivity index (χ1v) is 6.81. The number of hydrogen-bond acceptors (Lipinski definition) is 2. The topological polar surface area (TPSA) is 55.1 Å². The minimum atomic E-state index is -1.33. The van der Waals surface area contributed by atoms with Crippen LogP contribution in [0.15, 0.2) is 53.0 Å². The summed E-state index contributed by atoms with van der Waals surface area (Å²) in [5.74, 6) is -1.13. The number of benzene rings is 2. The summed E-state index contributed by atoms with van der Waals surface area (Å²) in [6.07, 6.45) is 0. The molecule has 2 aromatic carbocycles. The molecule has 1 unspecified atom stereocenters. The van der Waals surface area contributed by atoms with Crippen LogP contribution in [0.3, 0.4) is 0 Å². The summed E-state index contributed by atoms with van der Waals surface area (Å²) < 4.78 is 14.8. The minimum Gasteiger partial charge on any atom is -0.368 e. The highest BCUT2D eigenvalue weighted by molar-refractivity contribution is 9.10. The highest BCUT2D eigenvalue weighted by atomic mass is 79.9. The molecule has 0 radical (unpaired) electrons. The third-order valence-electron chi connectivity index (χ3n) is 3.12. The molecule has 0 spiro atoms. The third-order valence-corrected chi connectivity index (χ3v) is 3.62. The van der Waals surface area contributed by atoms with Crippen LogP contribution in [0, 0.1) is 5.82 Å². The first kappa shape index (κ1) is 14.5. The number of halogens is 2. The van der Waals surface area contributed by atoms with E-state index in [4.69, 9.17) is 5.73 Å². The third kappa shape index (κ3) is 2.82. The zero-order valence-corrected chi connectivity index (χ0v) is 12.4. The van der Waals surface area contributed by atoms with Crippen LogP contribution >= 0.6 is 15.9 Å². The number of amides is 1. The monoisotopic (exact) mass is 336 g/mol. The van der Waals surface area contributed by atoms with E-state index in [1.807, 2.05) is 12.1 Å². The van der Waals surface area contributed by atoms with Crippen molar-refractivity contribution in [2.75, 3.05) is 5.32 Å². The van der Waals surface area contributed by atoms with Gasteiger partial charge in [-0.25, -0.2) is 4.39 Å². The van der Waals surface area contributed by atoms with Gasteiger partial charge in [-0.15, -0.1) is 0 Å². The van der Waals surface area contributed by atoms with Crippen LogP contribution in [-0.4, -0.2) is 5.91 Å². The molecular weight excluding hydrogens is 323 g/mol. The molecule has 0 aliphatic heterocycles. The fraction of sp³-hybridized carbons (Fsp3) is 0.133. The van der Waals surface area contributed by atoms with Gasteiger partial charge in [0.05, 0.1) is 0 Å². The Morgan fingerprint density at radius 3 is 2.55 bits per heavy atom. The fourth-order valence-electron chi connectivity index (χ4n) is 1.98. The number of rotatable bonds is 4. The molecule has 1 amide bonds. The summed E-state index contributed by atoms with van der Waals surface area (Å²) in [5.41, 5.74) is 5.04. The molecule has 5 heteroatoms. The standard InChI is InChI=1S/C15H14BrFN2O/c1-15(14(18)20,12-7-2-3-8-13(12)17)19-11-6-4-5-10(16)9-11/h2-9,19H,1H3,(H2,18,20). The molecule has 2 aromatic rings. The fourth-order valence-corrected chi connectivity index (χ4v) is 2.38. The van der Waals surface area contributed by atoms with Crippen molar-refractivity contribution in [3.63, 3.8) is 0 Å². The number of carbonyl (C=O) groups excluding carboxylic acids is 1. The highest BCUT2D eigenvalue weighted by Gasteiger charge is 2.35. The van der Waals surface area contributed by atoms with Gasteiger partial charge in [-0.3, -0.25) is 4.79 Å². The maximum Gasteiger partial charge on any atom is 0.247 e. The first-order valence-electron chi connectivity index (χ1n) is 6.02. The van der Waals surface area contributed by atoms with E-state index in [0.29, 0.717) is 5.69 Å². The van der Waals surface area contributed by atoms with Crippen LogP contribution in [-0.2, 0) is 10.3 Å². The average molecular weight is 337 g/mol. The van der Waals surface area contributed by atoms with Crippen molar-refractivity contribution in [3.05, 3.63) is 64.4 Å². The Bertz CT molecular complexity index is 647. The Labute approximate surface area is 125 Å². The predicted octanol–water partition coefficient (Wildman–Crippen LogP) is 3.40. The van der Waals surface area contributed by atoms with Gasteiger partial charge in [0, 0.05) is 15.7 Å². The maximum absolute atomic E-state index is 14.0. The van der Waals surface area contributed by atoms with Gasteiger partial charge in [-0.05, 0) is 31.2 Å². The molecule has 0 fully saturated rings. The lowest BCUT2D eigenvalue weighted by atomic mass is 9.90. The highest BCUT2D eigenvalue weighted by Crippen LogP contribution is 2.29. The molecule has 0 aliphatic rings. The SMILES string of the molecule is CC(Nc1cccc(Br)c1)(C(N)=O)c1ccccc1F. The van der Waals surface area contributed by atoms with E-state index in [1.165, 1.54) is 6.07 Å². The lowest BCUT2D eigenvalue weighted by molar-refractivity contribution is -0.122. The Balaban J connectivity index is 2.46.